The molecule has 2 aromatic heterocycles. The highest BCUT2D eigenvalue weighted by Crippen LogP contribution is 2.39. The SMILES string of the molecule is Cc1cc(C(=O)N2CCC[C@]3(CCC(=O)N(CCc4cnc[nH]4)C3)C2)n(C)n1. The number of H-pyrrole nitrogens is 1. The number of nitrogens with zero attached hydrogens (tertiary/aromatic N) is 5. The van der Waals surface area contributed by atoms with Crippen LogP contribution in [0.2, 0.25) is 0 Å². The Balaban J connectivity index is 1.45. The van der Waals surface area contributed by atoms with Crippen molar-refractivity contribution in [1.29, 1.82) is 0 Å². The van der Waals surface area contributed by atoms with Crippen LogP contribution >= 0.6 is 0 Å². The van der Waals surface area contributed by atoms with Gasteiger partial charge in [-0.05, 0) is 32.3 Å². The van der Waals surface area contributed by atoms with Gasteiger partial charge in [-0.3, -0.25) is 14.3 Å². The summed E-state index contributed by atoms with van der Waals surface area (Å²) in [5, 5.41) is 4.31. The molecule has 2 aliphatic heterocycles. The molecule has 2 fully saturated rings. The number of aryl methyl sites for hydroxylation is 2. The van der Waals surface area contributed by atoms with E-state index in [1.807, 2.05) is 29.8 Å². The number of imidazole rings is 1. The van der Waals surface area contributed by atoms with Crippen molar-refractivity contribution < 1.29 is 9.59 Å². The second-order valence-corrected chi connectivity index (χ2v) is 8.27. The number of likely N-dealkylation sites (tertiary alicyclic amines) is 2. The van der Waals surface area contributed by atoms with Crippen LogP contribution in [0.1, 0.15) is 47.6 Å². The van der Waals surface area contributed by atoms with E-state index < -0.39 is 0 Å². The first-order valence-electron chi connectivity index (χ1n) is 10.0. The summed E-state index contributed by atoms with van der Waals surface area (Å²) in [6, 6.07) is 1.85. The van der Waals surface area contributed by atoms with E-state index in [0.29, 0.717) is 25.2 Å². The third kappa shape index (κ3) is 3.68. The number of hydrogen-bond donors (Lipinski definition) is 1. The lowest BCUT2D eigenvalue weighted by atomic mass is 9.73. The Labute approximate surface area is 164 Å². The molecule has 1 spiro atoms. The molecule has 4 rings (SSSR count). The van der Waals surface area contributed by atoms with Gasteiger partial charge in [-0.2, -0.15) is 5.10 Å². The van der Waals surface area contributed by atoms with Crippen LogP contribution in [0.5, 0.6) is 0 Å². The molecule has 0 aliphatic carbocycles. The van der Waals surface area contributed by atoms with E-state index >= 15 is 0 Å². The summed E-state index contributed by atoms with van der Waals surface area (Å²) < 4.78 is 1.67. The lowest BCUT2D eigenvalue weighted by Crippen LogP contribution is -2.55. The maximum Gasteiger partial charge on any atom is 0.272 e. The third-order valence-corrected chi connectivity index (χ3v) is 6.12. The smallest absolute Gasteiger partial charge is 0.272 e. The van der Waals surface area contributed by atoms with Crippen molar-refractivity contribution in [2.75, 3.05) is 26.2 Å². The zero-order valence-corrected chi connectivity index (χ0v) is 16.6. The molecule has 0 aromatic carbocycles. The molecule has 4 heterocycles. The zero-order valence-electron chi connectivity index (χ0n) is 16.6. The average molecular weight is 384 g/mol. The minimum atomic E-state index is 0.00342. The van der Waals surface area contributed by atoms with Crippen molar-refractivity contribution in [1.82, 2.24) is 29.5 Å². The van der Waals surface area contributed by atoms with E-state index in [1.54, 1.807) is 17.2 Å². The summed E-state index contributed by atoms with van der Waals surface area (Å²) in [5.74, 6) is 0.263. The highest BCUT2D eigenvalue weighted by molar-refractivity contribution is 5.92. The number of piperidine rings is 2. The Morgan fingerprint density at radius 1 is 1.32 bits per heavy atom. The van der Waals surface area contributed by atoms with E-state index in [-0.39, 0.29) is 17.2 Å². The first-order chi connectivity index (χ1) is 13.5. The van der Waals surface area contributed by atoms with Crippen LogP contribution < -0.4 is 0 Å². The normalized spacial score (nSPS) is 22.9. The monoisotopic (exact) mass is 384 g/mol. The number of aromatic nitrogens is 4. The van der Waals surface area contributed by atoms with Crippen molar-refractivity contribution in [3.8, 4) is 0 Å². The summed E-state index contributed by atoms with van der Waals surface area (Å²) in [6.45, 7) is 4.81. The summed E-state index contributed by atoms with van der Waals surface area (Å²) in [6.07, 6.45) is 7.72. The molecule has 0 radical (unpaired) electrons. The molecule has 2 amide bonds. The Hall–Kier alpha value is -2.64. The second kappa shape index (κ2) is 7.41. The topological polar surface area (TPSA) is 87.1 Å². The number of nitrogens with one attached hydrogen (secondary N) is 1. The summed E-state index contributed by atoms with van der Waals surface area (Å²) >= 11 is 0. The molecular weight excluding hydrogens is 356 g/mol. The van der Waals surface area contributed by atoms with Gasteiger partial charge >= 0.3 is 0 Å². The van der Waals surface area contributed by atoms with Crippen molar-refractivity contribution in [2.24, 2.45) is 12.5 Å². The number of rotatable bonds is 4. The van der Waals surface area contributed by atoms with Crippen LogP contribution in [0.25, 0.3) is 0 Å². The summed E-state index contributed by atoms with van der Waals surface area (Å²) in [7, 11) is 1.82. The minimum absolute atomic E-state index is 0.00342. The fraction of sp³-hybridized carbons (Fsp3) is 0.600. The van der Waals surface area contributed by atoms with Gasteiger partial charge in [0.2, 0.25) is 5.91 Å². The van der Waals surface area contributed by atoms with Crippen molar-refractivity contribution >= 4 is 11.8 Å². The molecule has 2 saturated heterocycles. The number of amides is 2. The molecule has 1 atom stereocenters. The van der Waals surface area contributed by atoms with Gasteiger partial charge < -0.3 is 14.8 Å². The summed E-state index contributed by atoms with van der Waals surface area (Å²) in [4.78, 5) is 36.6. The van der Waals surface area contributed by atoms with E-state index in [2.05, 4.69) is 15.1 Å². The Morgan fingerprint density at radius 2 is 2.18 bits per heavy atom. The molecule has 0 unspecified atom stereocenters. The quantitative estimate of drug-likeness (QED) is 0.866. The van der Waals surface area contributed by atoms with Gasteiger partial charge in [-0.15, -0.1) is 0 Å². The van der Waals surface area contributed by atoms with Crippen molar-refractivity contribution in [3.05, 3.63) is 35.7 Å². The first-order valence-corrected chi connectivity index (χ1v) is 10.0. The predicted octanol–water partition coefficient (Wildman–Crippen LogP) is 1.54. The highest BCUT2D eigenvalue weighted by atomic mass is 16.2. The van der Waals surface area contributed by atoms with Crippen LogP contribution in [-0.2, 0) is 18.3 Å². The molecule has 150 valence electrons. The molecule has 28 heavy (non-hydrogen) atoms. The Morgan fingerprint density at radius 3 is 2.89 bits per heavy atom. The number of hydrogen-bond acceptors (Lipinski definition) is 4. The summed E-state index contributed by atoms with van der Waals surface area (Å²) in [5.41, 5.74) is 2.53. The van der Waals surface area contributed by atoms with Gasteiger partial charge in [0, 0.05) is 63.4 Å². The largest absolute Gasteiger partial charge is 0.348 e. The van der Waals surface area contributed by atoms with Crippen LogP contribution in [0, 0.1) is 12.3 Å². The lowest BCUT2D eigenvalue weighted by molar-refractivity contribution is -0.138. The molecule has 8 heteroatoms. The standard InChI is InChI=1S/C20H28N6O2/c1-15-10-17(24(2)23-15)19(28)26-8-3-6-20(13-26)7-4-18(27)25(12-20)9-5-16-11-21-14-22-16/h10-11,14H,3-9,12-13H2,1-2H3,(H,21,22)/t20-/m1/s1. The van der Waals surface area contributed by atoms with Crippen LogP contribution in [-0.4, -0.2) is 67.5 Å². The maximum atomic E-state index is 13.1. The van der Waals surface area contributed by atoms with Gasteiger partial charge in [0.15, 0.2) is 0 Å². The Bertz CT molecular complexity index is 858. The molecule has 1 N–H and O–H groups in total. The van der Waals surface area contributed by atoms with E-state index in [1.165, 1.54) is 0 Å². The van der Waals surface area contributed by atoms with Gasteiger partial charge in [-0.25, -0.2) is 4.98 Å². The fourth-order valence-electron chi connectivity index (χ4n) is 4.67. The molecular formula is C20H28N6O2. The van der Waals surface area contributed by atoms with E-state index in [0.717, 1.165) is 50.2 Å². The van der Waals surface area contributed by atoms with Crippen molar-refractivity contribution in [2.45, 2.75) is 39.0 Å². The predicted molar refractivity (Wildman–Crippen MR) is 104 cm³/mol. The number of carbonyl (C=O) groups is 2. The second-order valence-electron chi connectivity index (χ2n) is 8.27. The molecule has 2 aliphatic rings. The van der Waals surface area contributed by atoms with Gasteiger partial charge in [0.25, 0.3) is 5.91 Å². The van der Waals surface area contributed by atoms with Crippen molar-refractivity contribution in [3.63, 3.8) is 0 Å². The van der Waals surface area contributed by atoms with Gasteiger partial charge in [0.05, 0.1) is 12.0 Å². The average Bonchev–Trinajstić information content (AvgIpc) is 3.31. The third-order valence-electron chi connectivity index (χ3n) is 6.12. The van der Waals surface area contributed by atoms with Crippen LogP contribution in [0.15, 0.2) is 18.6 Å². The van der Waals surface area contributed by atoms with E-state index in [4.69, 9.17) is 0 Å². The molecule has 0 bridgehead atoms. The minimum Gasteiger partial charge on any atom is -0.348 e. The maximum absolute atomic E-state index is 13.1. The zero-order chi connectivity index (χ0) is 19.7. The molecule has 0 saturated carbocycles. The number of carbonyl (C=O) groups excluding carboxylic acids is 2. The van der Waals surface area contributed by atoms with Crippen LogP contribution in [0.3, 0.4) is 0 Å². The highest BCUT2D eigenvalue weighted by Gasteiger charge is 2.43. The Kier molecular flexibility index (Phi) is 4.95. The first kappa shape index (κ1) is 18.7. The van der Waals surface area contributed by atoms with Gasteiger partial charge in [0.1, 0.15) is 5.69 Å². The number of aromatic amines is 1. The fourth-order valence-corrected chi connectivity index (χ4v) is 4.67. The molecule has 8 nitrogen and oxygen atoms in total. The van der Waals surface area contributed by atoms with Gasteiger partial charge in [-0.1, -0.05) is 0 Å². The molecule has 2 aromatic rings. The van der Waals surface area contributed by atoms with E-state index in [9.17, 15) is 9.59 Å². The van der Waals surface area contributed by atoms with Crippen LogP contribution in [0.4, 0.5) is 0 Å². The lowest BCUT2D eigenvalue weighted by Gasteiger charge is -2.48.